The second-order valence-corrected chi connectivity index (χ2v) is 3.91. The van der Waals surface area contributed by atoms with Crippen molar-refractivity contribution >= 4 is 11.9 Å². The van der Waals surface area contributed by atoms with Gasteiger partial charge in [0.05, 0.1) is 12.7 Å². The summed E-state index contributed by atoms with van der Waals surface area (Å²) in [6.07, 6.45) is 0.574. The van der Waals surface area contributed by atoms with Gasteiger partial charge in [-0.25, -0.2) is 0 Å². The Hall–Kier alpha value is -1.14. The van der Waals surface area contributed by atoms with E-state index in [1.54, 1.807) is 0 Å². The molecule has 0 radical (unpaired) electrons. The molecule has 1 fully saturated rings. The van der Waals surface area contributed by atoms with Crippen LogP contribution in [0.5, 0.6) is 0 Å². The molecule has 0 aliphatic heterocycles. The van der Waals surface area contributed by atoms with Crippen molar-refractivity contribution in [3.63, 3.8) is 0 Å². The fraction of sp³-hybridized carbons (Fsp3) is 0.800. The lowest BCUT2D eigenvalue weighted by molar-refractivity contribution is -0.149. The molecule has 0 heterocycles. The van der Waals surface area contributed by atoms with E-state index in [9.17, 15) is 9.59 Å². The Kier molecular flexibility index (Phi) is 4.26. The normalized spacial score (nSPS) is 18.9. The molecule has 1 amide bonds. The van der Waals surface area contributed by atoms with Gasteiger partial charge in [0.15, 0.2) is 0 Å². The summed E-state index contributed by atoms with van der Waals surface area (Å²) >= 11 is 0. The first-order valence-corrected chi connectivity index (χ1v) is 5.10. The first-order valence-electron chi connectivity index (χ1n) is 5.10. The van der Waals surface area contributed by atoms with E-state index in [0.717, 1.165) is 0 Å². The predicted molar refractivity (Wildman–Crippen MR) is 55.0 cm³/mol. The van der Waals surface area contributed by atoms with E-state index < -0.39 is 17.3 Å². The largest absolute Gasteiger partial charge is 0.480 e. The van der Waals surface area contributed by atoms with Gasteiger partial charge in [0.1, 0.15) is 5.41 Å². The van der Waals surface area contributed by atoms with Crippen LogP contribution < -0.4 is 5.32 Å². The van der Waals surface area contributed by atoms with Crippen LogP contribution in [0.15, 0.2) is 0 Å². The molecule has 92 valence electrons. The molecule has 1 saturated carbocycles. The van der Waals surface area contributed by atoms with Crippen LogP contribution in [-0.2, 0) is 19.1 Å². The molecule has 0 bridgehead atoms. The summed E-state index contributed by atoms with van der Waals surface area (Å²) < 4.78 is 9.93. The fourth-order valence-corrected chi connectivity index (χ4v) is 1.43. The van der Waals surface area contributed by atoms with E-state index in [1.807, 2.05) is 0 Å². The van der Waals surface area contributed by atoms with Gasteiger partial charge in [-0.3, -0.25) is 9.59 Å². The third kappa shape index (κ3) is 2.70. The molecule has 0 aromatic rings. The van der Waals surface area contributed by atoms with Crippen LogP contribution in [0.1, 0.15) is 12.8 Å². The molecule has 1 atom stereocenters. The van der Waals surface area contributed by atoms with Gasteiger partial charge >= 0.3 is 5.97 Å². The van der Waals surface area contributed by atoms with Crippen LogP contribution in [0.2, 0.25) is 0 Å². The maximum atomic E-state index is 11.6. The standard InChI is InChI=1S/C10H17NO5/c1-15-6-7(16-2)5-11-8(12)10(3-4-10)9(13)14/h7H,3-6H2,1-2H3,(H,11,12)(H,13,14). The van der Waals surface area contributed by atoms with Crippen LogP contribution in [-0.4, -0.2) is 50.5 Å². The minimum Gasteiger partial charge on any atom is -0.480 e. The lowest BCUT2D eigenvalue weighted by Gasteiger charge is -2.16. The van der Waals surface area contributed by atoms with Gasteiger partial charge in [0.25, 0.3) is 0 Å². The predicted octanol–water partition coefficient (Wildman–Crippen LogP) is -0.371. The number of rotatable bonds is 7. The summed E-state index contributed by atoms with van der Waals surface area (Å²) in [4.78, 5) is 22.5. The quantitative estimate of drug-likeness (QED) is 0.584. The maximum Gasteiger partial charge on any atom is 0.319 e. The number of carboxylic acid groups (broad SMARTS) is 1. The highest BCUT2D eigenvalue weighted by Gasteiger charge is 2.57. The summed E-state index contributed by atoms with van der Waals surface area (Å²) in [6.45, 7) is 0.620. The third-order valence-electron chi connectivity index (χ3n) is 2.77. The SMILES string of the molecule is COCC(CNC(=O)C1(C(=O)O)CC1)OC. The number of hydrogen-bond acceptors (Lipinski definition) is 4. The van der Waals surface area contributed by atoms with Crippen LogP contribution in [0.4, 0.5) is 0 Å². The summed E-state index contributed by atoms with van der Waals surface area (Å²) in [5.74, 6) is -1.48. The highest BCUT2D eigenvalue weighted by molar-refractivity contribution is 6.04. The van der Waals surface area contributed by atoms with Crippen molar-refractivity contribution in [2.75, 3.05) is 27.4 Å². The van der Waals surface area contributed by atoms with Crippen molar-refractivity contribution in [2.45, 2.75) is 18.9 Å². The van der Waals surface area contributed by atoms with Gasteiger partial charge in [-0.05, 0) is 12.8 Å². The molecule has 1 rings (SSSR count). The van der Waals surface area contributed by atoms with Gasteiger partial charge in [-0.15, -0.1) is 0 Å². The molecule has 0 aromatic heterocycles. The zero-order valence-electron chi connectivity index (χ0n) is 9.49. The summed E-state index contributed by atoms with van der Waals surface area (Å²) in [6, 6.07) is 0. The van der Waals surface area contributed by atoms with Crippen molar-refractivity contribution in [2.24, 2.45) is 5.41 Å². The highest BCUT2D eigenvalue weighted by Crippen LogP contribution is 2.45. The molecule has 0 aromatic carbocycles. The van der Waals surface area contributed by atoms with Crippen LogP contribution >= 0.6 is 0 Å². The minimum atomic E-state index is -1.19. The number of methoxy groups -OCH3 is 2. The average molecular weight is 231 g/mol. The fourth-order valence-electron chi connectivity index (χ4n) is 1.43. The lowest BCUT2D eigenvalue weighted by Crippen LogP contribution is -2.42. The number of nitrogens with one attached hydrogen (secondary N) is 1. The van der Waals surface area contributed by atoms with E-state index in [4.69, 9.17) is 14.6 Å². The van der Waals surface area contributed by atoms with Gasteiger partial charge in [0, 0.05) is 20.8 Å². The molecule has 1 aliphatic carbocycles. The first kappa shape index (κ1) is 12.9. The summed E-state index contributed by atoms with van der Waals surface area (Å²) in [7, 11) is 3.05. The number of ether oxygens (including phenoxy) is 2. The Morgan fingerprint density at radius 2 is 2.06 bits per heavy atom. The summed E-state index contributed by atoms with van der Waals surface area (Å²) in [5.41, 5.74) is -1.19. The molecular weight excluding hydrogens is 214 g/mol. The number of hydrogen-bond donors (Lipinski definition) is 2. The van der Waals surface area contributed by atoms with E-state index in [0.29, 0.717) is 19.4 Å². The lowest BCUT2D eigenvalue weighted by atomic mass is 10.1. The number of carbonyl (C=O) groups is 2. The maximum absolute atomic E-state index is 11.6. The van der Waals surface area contributed by atoms with Crippen molar-refractivity contribution in [3.05, 3.63) is 0 Å². The second-order valence-electron chi connectivity index (χ2n) is 3.91. The molecule has 0 spiro atoms. The van der Waals surface area contributed by atoms with Crippen LogP contribution in [0.25, 0.3) is 0 Å². The zero-order chi connectivity index (χ0) is 12.2. The zero-order valence-corrected chi connectivity index (χ0v) is 9.49. The topological polar surface area (TPSA) is 84.9 Å². The Balaban J connectivity index is 2.38. The average Bonchev–Trinajstić information content (AvgIpc) is 3.04. The molecule has 2 N–H and O–H groups in total. The van der Waals surface area contributed by atoms with E-state index in [1.165, 1.54) is 14.2 Å². The number of aliphatic carboxylic acids is 1. The second kappa shape index (κ2) is 5.27. The van der Waals surface area contributed by atoms with E-state index >= 15 is 0 Å². The minimum absolute atomic E-state index is 0.251. The van der Waals surface area contributed by atoms with E-state index in [2.05, 4.69) is 5.32 Å². The van der Waals surface area contributed by atoms with Crippen molar-refractivity contribution in [3.8, 4) is 0 Å². The molecule has 16 heavy (non-hydrogen) atoms. The third-order valence-corrected chi connectivity index (χ3v) is 2.77. The Bertz CT molecular complexity index is 274. The van der Waals surface area contributed by atoms with Crippen molar-refractivity contribution < 1.29 is 24.2 Å². The smallest absolute Gasteiger partial charge is 0.319 e. The van der Waals surface area contributed by atoms with Crippen molar-refractivity contribution in [1.29, 1.82) is 0 Å². The Labute approximate surface area is 93.9 Å². The molecule has 6 nitrogen and oxygen atoms in total. The van der Waals surface area contributed by atoms with Gasteiger partial charge < -0.3 is 19.9 Å². The van der Waals surface area contributed by atoms with Crippen molar-refractivity contribution in [1.82, 2.24) is 5.32 Å². The molecule has 1 aliphatic rings. The van der Waals surface area contributed by atoms with Gasteiger partial charge in [-0.1, -0.05) is 0 Å². The summed E-state index contributed by atoms with van der Waals surface area (Å²) in [5, 5.41) is 11.5. The molecular formula is C10H17NO5. The first-order chi connectivity index (χ1) is 7.56. The molecule has 6 heteroatoms. The number of carboxylic acids is 1. The van der Waals surface area contributed by atoms with Gasteiger partial charge in [-0.2, -0.15) is 0 Å². The number of amides is 1. The van der Waals surface area contributed by atoms with E-state index in [-0.39, 0.29) is 12.6 Å². The van der Waals surface area contributed by atoms with Crippen LogP contribution in [0.3, 0.4) is 0 Å². The molecule has 1 unspecified atom stereocenters. The molecule has 0 saturated heterocycles. The van der Waals surface area contributed by atoms with Gasteiger partial charge in [0.2, 0.25) is 5.91 Å². The van der Waals surface area contributed by atoms with Crippen LogP contribution in [0, 0.1) is 5.41 Å². The highest BCUT2D eigenvalue weighted by atomic mass is 16.5. The number of carbonyl (C=O) groups excluding carboxylic acids is 1. The Morgan fingerprint density at radius 1 is 1.44 bits per heavy atom. The Morgan fingerprint density at radius 3 is 2.44 bits per heavy atom. The monoisotopic (exact) mass is 231 g/mol.